The average Bonchev–Trinajstić information content (AvgIpc) is 2.40. The van der Waals surface area contributed by atoms with Gasteiger partial charge in [-0.15, -0.1) is 0 Å². The van der Waals surface area contributed by atoms with Gasteiger partial charge in [-0.3, -0.25) is 5.43 Å². The molecule has 106 valence electrons. The smallest absolute Gasteiger partial charge is 0.243 e. The molecule has 8 nitrogen and oxygen atoms in total. The standard InChI is InChI=1S/C11H21N7O/c1-7-6-19-8(2)5-18(7)11-14-9(16-12)13-10(15-11)17(3)4/h7-8H,5-6,12H2,1-4H3,(H,13,14,15,16). The topological polar surface area (TPSA) is 92.4 Å². The molecule has 2 unspecified atom stereocenters. The van der Waals surface area contributed by atoms with Crippen molar-refractivity contribution in [2.24, 2.45) is 5.84 Å². The Morgan fingerprint density at radius 2 is 2.05 bits per heavy atom. The first-order valence-electron chi connectivity index (χ1n) is 6.29. The normalized spacial score (nSPS) is 23.3. The summed E-state index contributed by atoms with van der Waals surface area (Å²) in [6, 6.07) is 0.222. The van der Waals surface area contributed by atoms with E-state index in [9.17, 15) is 0 Å². The zero-order valence-corrected chi connectivity index (χ0v) is 11.8. The molecular weight excluding hydrogens is 246 g/mol. The number of ether oxygens (including phenoxy) is 1. The monoisotopic (exact) mass is 267 g/mol. The van der Waals surface area contributed by atoms with Crippen LogP contribution in [0.25, 0.3) is 0 Å². The Labute approximate surface area is 112 Å². The lowest BCUT2D eigenvalue weighted by Gasteiger charge is -2.36. The molecule has 0 radical (unpaired) electrons. The fourth-order valence-corrected chi connectivity index (χ4v) is 1.93. The summed E-state index contributed by atoms with van der Waals surface area (Å²) >= 11 is 0. The number of rotatable bonds is 3. The van der Waals surface area contributed by atoms with Crippen molar-refractivity contribution in [3.05, 3.63) is 0 Å². The Bertz CT molecular complexity index is 439. The highest BCUT2D eigenvalue weighted by atomic mass is 16.5. The molecule has 0 aromatic carbocycles. The lowest BCUT2D eigenvalue weighted by atomic mass is 10.2. The zero-order valence-electron chi connectivity index (χ0n) is 11.8. The minimum Gasteiger partial charge on any atom is -0.375 e. The van der Waals surface area contributed by atoms with Crippen LogP contribution in [0.5, 0.6) is 0 Å². The molecule has 8 heteroatoms. The van der Waals surface area contributed by atoms with E-state index in [0.29, 0.717) is 24.5 Å². The Morgan fingerprint density at radius 3 is 2.68 bits per heavy atom. The van der Waals surface area contributed by atoms with E-state index < -0.39 is 0 Å². The lowest BCUT2D eigenvalue weighted by molar-refractivity contribution is 0.0337. The number of nitrogens with two attached hydrogens (primary N) is 1. The third kappa shape index (κ3) is 3.02. The minimum atomic E-state index is 0.157. The van der Waals surface area contributed by atoms with Crippen molar-refractivity contribution < 1.29 is 4.74 Å². The quantitative estimate of drug-likeness (QED) is 0.576. The second-order valence-corrected chi connectivity index (χ2v) is 4.94. The van der Waals surface area contributed by atoms with Crippen LogP contribution in [0, 0.1) is 0 Å². The Kier molecular flexibility index (Phi) is 4.01. The fraction of sp³-hybridized carbons (Fsp3) is 0.727. The van der Waals surface area contributed by atoms with Crippen LogP contribution in [0.2, 0.25) is 0 Å². The van der Waals surface area contributed by atoms with Gasteiger partial charge in [-0.1, -0.05) is 0 Å². The van der Waals surface area contributed by atoms with Crippen LogP contribution in [-0.2, 0) is 4.74 Å². The molecule has 19 heavy (non-hydrogen) atoms. The van der Waals surface area contributed by atoms with Crippen molar-refractivity contribution in [2.75, 3.05) is 42.5 Å². The number of nitrogens with one attached hydrogen (secondary N) is 1. The number of hydrogen-bond acceptors (Lipinski definition) is 8. The van der Waals surface area contributed by atoms with Crippen molar-refractivity contribution in [1.29, 1.82) is 0 Å². The van der Waals surface area contributed by atoms with Gasteiger partial charge in [0.15, 0.2) is 0 Å². The summed E-state index contributed by atoms with van der Waals surface area (Å²) in [6.45, 7) is 5.53. The largest absolute Gasteiger partial charge is 0.375 e. The Morgan fingerprint density at radius 1 is 1.32 bits per heavy atom. The van der Waals surface area contributed by atoms with Gasteiger partial charge in [0.25, 0.3) is 0 Å². The molecule has 1 aromatic rings. The van der Waals surface area contributed by atoms with Crippen molar-refractivity contribution in [3.63, 3.8) is 0 Å². The van der Waals surface area contributed by atoms with Gasteiger partial charge in [-0.2, -0.15) is 15.0 Å². The van der Waals surface area contributed by atoms with Crippen molar-refractivity contribution in [1.82, 2.24) is 15.0 Å². The van der Waals surface area contributed by atoms with Crippen molar-refractivity contribution in [3.8, 4) is 0 Å². The summed E-state index contributed by atoms with van der Waals surface area (Å²) in [5, 5.41) is 0. The van der Waals surface area contributed by atoms with Crippen molar-refractivity contribution in [2.45, 2.75) is 26.0 Å². The van der Waals surface area contributed by atoms with Gasteiger partial charge in [-0.05, 0) is 13.8 Å². The summed E-state index contributed by atoms with van der Waals surface area (Å²) in [5.74, 6) is 6.97. The molecule has 1 fully saturated rings. The highest BCUT2D eigenvalue weighted by Gasteiger charge is 2.26. The number of hydrazine groups is 1. The van der Waals surface area contributed by atoms with Gasteiger partial charge in [0.2, 0.25) is 17.8 Å². The first-order chi connectivity index (χ1) is 9.01. The van der Waals surface area contributed by atoms with E-state index in [-0.39, 0.29) is 12.1 Å². The van der Waals surface area contributed by atoms with E-state index in [1.807, 2.05) is 25.9 Å². The molecular formula is C11H21N7O. The molecule has 1 aliphatic rings. The maximum Gasteiger partial charge on any atom is 0.243 e. The van der Waals surface area contributed by atoms with Gasteiger partial charge in [-0.25, -0.2) is 5.84 Å². The molecule has 0 spiro atoms. The van der Waals surface area contributed by atoms with E-state index in [1.165, 1.54) is 0 Å². The molecule has 1 aromatic heterocycles. The van der Waals surface area contributed by atoms with E-state index in [0.717, 1.165) is 6.54 Å². The van der Waals surface area contributed by atoms with Gasteiger partial charge in [0.1, 0.15) is 0 Å². The van der Waals surface area contributed by atoms with Gasteiger partial charge in [0.05, 0.1) is 18.8 Å². The SMILES string of the molecule is CC1CN(c2nc(NN)nc(N(C)C)n2)C(C)CO1. The van der Waals surface area contributed by atoms with Crippen LogP contribution in [-0.4, -0.2) is 54.3 Å². The Hall–Kier alpha value is -1.67. The van der Waals surface area contributed by atoms with E-state index in [2.05, 4.69) is 32.2 Å². The summed E-state index contributed by atoms with van der Waals surface area (Å²) < 4.78 is 5.61. The third-order valence-electron chi connectivity index (χ3n) is 3.01. The van der Waals surface area contributed by atoms with Gasteiger partial charge >= 0.3 is 0 Å². The molecule has 0 saturated carbocycles. The first-order valence-corrected chi connectivity index (χ1v) is 6.29. The average molecular weight is 267 g/mol. The summed E-state index contributed by atoms with van der Waals surface area (Å²) in [5.41, 5.74) is 2.48. The highest BCUT2D eigenvalue weighted by molar-refractivity contribution is 5.45. The summed E-state index contributed by atoms with van der Waals surface area (Å²) in [4.78, 5) is 16.9. The van der Waals surface area contributed by atoms with Crippen LogP contribution >= 0.6 is 0 Å². The molecule has 2 rings (SSSR count). The van der Waals surface area contributed by atoms with Crippen LogP contribution in [0.15, 0.2) is 0 Å². The maximum absolute atomic E-state index is 5.61. The zero-order chi connectivity index (χ0) is 14.0. The van der Waals surface area contributed by atoms with E-state index >= 15 is 0 Å². The summed E-state index contributed by atoms with van der Waals surface area (Å²) in [6.07, 6.45) is 0.157. The van der Waals surface area contributed by atoms with E-state index in [4.69, 9.17) is 10.6 Å². The molecule has 1 saturated heterocycles. The molecule has 0 aliphatic carbocycles. The third-order valence-corrected chi connectivity index (χ3v) is 3.01. The summed E-state index contributed by atoms with van der Waals surface area (Å²) in [7, 11) is 3.76. The lowest BCUT2D eigenvalue weighted by Crippen LogP contribution is -2.48. The number of aromatic nitrogens is 3. The minimum absolute atomic E-state index is 0.157. The van der Waals surface area contributed by atoms with Gasteiger partial charge < -0.3 is 14.5 Å². The molecule has 0 amide bonds. The number of nitrogen functional groups attached to an aromatic ring is 1. The number of nitrogens with zero attached hydrogens (tertiary/aromatic N) is 5. The van der Waals surface area contributed by atoms with Crippen molar-refractivity contribution >= 4 is 17.8 Å². The second-order valence-electron chi connectivity index (χ2n) is 4.94. The number of anilines is 3. The number of morpholine rings is 1. The molecule has 0 bridgehead atoms. The predicted octanol–water partition coefficient (Wildman–Crippen LogP) is -0.163. The fourth-order valence-electron chi connectivity index (χ4n) is 1.93. The second kappa shape index (κ2) is 5.54. The molecule has 3 N–H and O–H groups in total. The molecule has 1 aliphatic heterocycles. The van der Waals surface area contributed by atoms with E-state index in [1.54, 1.807) is 0 Å². The first kappa shape index (κ1) is 13.8. The molecule has 2 heterocycles. The predicted molar refractivity (Wildman–Crippen MR) is 74.2 cm³/mol. The van der Waals surface area contributed by atoms with Crippen LogP contribution in [0.1, 0.15) is 13.8 Å². The van der Waals surface area contributed by atoms with Crippen LogP contribution < -0.4 is 21.1 Å². The molecule has 2 atom stereocenters. The van der Waals surface area contributed by atoms with Gasteiger partial charge in [0, 0.05) is 20.6 Å². The van der Waals surface area contributed by atoms with Crippen LogP contribution in [0.4, 0.5) is 17.8 Å². The Balaban J connectivity index is 2.34. The highest BCUT2D eigenvalue weighted by Crippen LogP contribution is 2.20. The van der Waals surface area contributed by atoms with Crippen LogP contribution in [0.3, 0.4) is 0 Å². The maximum atomic E-state index is 5.61. The number of hydrogen-bond donors (Lipinski definition) is 2.